The van der Waals surface area contributed by atoms with E-state index in [2.05, 4.69) is 11.8 Å². The summed E-state index contributed by atoms with van der Waals surface area (Å²) < 4.78 is 5.40. The van der Waals surface area contributed by atoms with Crippen molar-refractivity contribution in [1.82, 2.24) is 4.90 Å². The smallest absolute Gasteiger partial charge is 0.257 e. The van der Waals surface area contributed by atoms with Crippen LogP contribution in [0.2, 0.25) is 0 Å². The molecule has 0 saturated carbocycles. The summed E-state index contributed by atoms with van der Waals surface area (Å²) in [6, 6.07) is 3.70. The lowest BCUT2D eigenvalue weighted by Crippen LogP contribution is -2.25. The molecule has 2 aromatic rings. The molecule has 0 aliphatic carbocycles. The molecule has 2 aromatic heterocycles. The highest BCUT2D eigenvalue weighted by Gasteiger charge is 2.18. The first kappa shape index (κ1) is 15.4. The third-order valence-electron chi connectivity index (χ3n) is 2.98. The fourth-order valence-electron chi connectivity index (χ4n) is 2.03. The van der Waals surface area contributed by atoms with Crippen LogP contribution in [-0.2, 0) is 6.54 Å². The van der Waals surface area contributed by atoms with Crippen LogP contribution >= 0.6 is 11.3 Å². The molecule has 0 aliphatic rings. The third-order valence-corrected chi connectivity index (χ3v) is 3.90. The van der Waals surface area contributed by atoms with Gasteiger partial charge in [-0.2, -0.15) is 0 Å². The van der Waals surface area contributed by atoms with Gasteiger partial charge in [-0.1, -0.05) is 11.8 Å². The molecule has 0 aromatic carbocycles. The lowest BCUT2D eigenvalue weighted by Gasteiger charge is -2.15. The maximum atomic E-state index is 12.4. The fourth-order valence-corrected chi connectivity index (χ4v) is 2.89. The molecule has 0 fully saturated rings. The normalized spacial score (nSPS) is 10.1. The molecule has 1 N–H and O–H groups in total. The predicted molar refractivity (Wildman–Crippen MR) is 82.3 cm³/mol. The van der Waals surface area contributed by atoms with E-state index in [1.807, 2.05) is 18.4 Å². The number of aliphatic hydroxyl groups excluding tert-OH is 1. The Morgan fingerprint density at radius 3 is 2.81 bits per heavy atom. The molecule has 0 spiro atoms. The number of aliphatic hydroxyl groups is 1. The van der Waals surface area contributed by atoms with Gasteiger partial charge in [0.25, 0.3) is 5.91 Å². The van der Waals surface area contributed by atoms with E-state index in [9.17, 15) is 4.79 Å². The van der Waals surface area contributed by atoms with E-state index in [0.29, 0.717) is 17.9 Å². The molecule has 0 radical (unpaired) electrons. The molecular weight excluding hydrogens is 286 g/mol. The highest BCUT2D eigenvalue weighted by Crippen LogP contribution is 2.19. The van der Waals surface area contributed by atoms with Crippen molar-refractivity contribution in [1.29, 1.82) is 0 Å². The third kappa shape index (κ3) is 3.75. The molecule has 0 saturated heterocycles. The van der Waals surface area contributed by atoms with E-state index < -0.39 is 0 Å². The van der Waals surface area contributed by atoms with Gasteiger partial charge in [0.1, 0.15) is 18.1 Å². The first-order valence-corrected chi connectivity index (χ1v) is 7.39. The van der Waals surface area contributed by atoms with Crippen LogP contribution < -0.4 is 0 Å². The molecule has 2 rings (SSSR count). The second-order valence-corrected chi connectivity index (χ2v) is 5.75. The van der Waals surface area contributed by atoms with Crippen molar-refractivity contribution < 1.29 is 14.3 Å². The number of amides is 1. The summed E-state index contributed by atoms with van der Waals surface area (Å²) >= 11 is 1.55. The number of hydrogen-bond acceptors (Lipinski definition) is 4. The van der Waals surface area contributed by atoms with Crippen LogP contribution in [0.15, 0.2) is 21.9 Å². The molecule has 2 heterocycles. The van der Waals surface area contributed by atoms with Gasteiger partial charge in [0, 0.05) is 22.9 Å². The zero-order valence-electron chi connectivity index (χ0n) is 12.3. The minimum absolute atomic E-state index is 0.0549. The number of rotatable bonds is 3. The van der Waals surface area contributed by atoms with E-state index in [4.69, 9.17) is 9.52 Å². The van der Waals surface area contributed by atoms with Gasteiger partial charge in [0.05, 0.1) is 12.1 Å². The van der Waals surface area contributed by atoms with Gasteiger partial charge < -0.3 is 14.4 Å². The van der Waals surface area contributed by atoms with Crippen LogP contribution in [0.25, 0.3) is 0 Å². The van der Waals surface area contributed by atoms with Gasteiger partial charge in [0.15, 0.2) is 0 Å². The quantitative estimate of drug-likeness (QED) is 0.887. The van der Waals surface area contributed by atoms with E-state index in [1.54, 1.807) is 36.3 Å². The van der Waals surface area contributed by atoms with Gasteiger partial charge in [-0.3, -0.25) is 4.79 Å². The van der Waals surface area contributed by atoms with Crippen LogP contribution in [-0.4, -0.2) is 29.6 Å². The minimum Gasteiger partial charge on any atom is -0.466 e. The second-order valence-electron chi connectivity index (χ2n) is 4.75. The number of carbonyl (C=O) groups excluding carboxylic acids is 1. The average Bonchev–Trinajstić information content (AvgIpc) is 3.02. The first-order valence-electron chi connectivity index (χ1n) is 6.51. The van der Waals surface area contributed by atoms with Crippen molar-refractivity contribution in [2.24, 2.45) is 0 Å². The average molecular weight is 303 g/mol. The number of furan rings is 1. The largest absolute Gasteiger partial charge is 0.466 e. The number of hydrogen-bond donors (Lipinski definition) is 1. The van der Waals surface area contributed by atoms with Crippen molar-refractivity contribution in [3.63, 3.8) is 0 Å². The molecule has 21 heavy (non-hydrogen) atoms. The molecule has 5 heteroatoms. The Balaban J connectivity index is 2.07. The lowest BCUT2D eigenvalue weighted by atomic mass is 10.2. The van der Waals surface area contributed by atoms with Crippen LogP contribution in [0.4, 0.5) is 0 Å². The summed E-state index contributed by atoms with van der Waals surface area (Å²) in [5.74, 6) is 6.79. The highest BCUT2D eigenvalue weighted by molar-refractivity contribution is 7.10. The number of nitrogens with zero attached hydrogens (tertiary/aromatic N) is 1. The molecule has 4 nitrogen and oxygen atoms in total. The van der Waals surface area contributed by atoms with Gasteiger partial charge in [0.2, 0.25) is 0 Å². The van der Waals surface area contributed by atoms with Crippen LogP contribution in [0, 0.1) is 25.7 Å². The Morgan fingerprint density at radius 2 is 2.19 bits per heavy atom. The summed E-state index contributed by atoms with van der Waals surface area (Å²) in [7, 11) is 1.77. The number of thiophene rings is 1. The van der Waals surface area contributed by atoms with E-state index >= 15 is 0 Å². The Hall–Kier alpha value is -2.03. The van der Waals surface area contributed by atoms with Gasteiger partial charge >= 0.3 is 0 Å². The summed E-state index contributed by atoms with van der Waals surface area (Å²) in [4.78, 5) is 15.1. The van der Waals surface area contributed by atoms with Gasteiger partial charge in [-0.15, -0.1) is 11.3 Å². The monoisotopic (exact) mass is 303 g/mol. The Labute approximate surface area is 128 Å². The zero-order chi connectivity index (χ0) is 15.4. The SMILES string of the molecule is Cc1cc(C(=O)N(C)Cc2cc(C#CCO)cs2)c(C)o1. The molecule has 0 aliphatic heterocycles. The number of aryl methyl sites for hydroxylation is 2. The molecule has 0 atom stereocenters. The Bertz CT molecular complexity index is 703. The summed E-state index contributed by atoms with van der Waals surface area (Å²) in [5, 5.41) is 10.6. The summed E-state index contributed by atoms with van der Waals surface area (Å²) in [5.41, 5.74) is 1.46. The molecule has 1 amide bonds. The second kappa shape index (κ2) is 6.61. The van der Waals surface area contributed by atoms with Crippen molar-refractivity contribution in [2.75, 3.05) is 13.7 Å². The standard InChI is InChI=1S/C16H17NO3S/c1-11-7-15(12(2)20-11)16(19)17(3)9-14-8-13(10-21-14)5-4-6-18/h7-8,10,18H,6,9H2,1-3H3. The first-order chi connectivity index (χ1) is 10.0. The van der Waals surface area contributed by atoms with E-state index in [-0.39, 0.29) is 12.5 Å². The molecule has 110 valence electrons. The van der Waals surface area contributed by atoms with Crippen LogP contribution in [0.3, 0.4) is 0 Å². The zero-order valence-corrected chi connectivity index (χ0v) is 13.1. The highest BCUT2D eigenvalue weighted by atomic mass is 32.1. The fraction of sp³-hybridized carbons (Fsp3) is 0.312. The van der Waals surface area contributed by atoms with Crippen molar-refractivity contribution in [2.45, 2.75) is 20.4 Å². The van der Waals surface area contributed by atoms with Crippen LogP contribution in [0.5, 0.6) is 0 Å². The van der Waals surface area contributed by atoms with Gasteiger partial charge in [-0.05, 0) is 26.0 Å². The Morgan fingerprint density at radius 1 is 1.43 bits per heavy atom. The minimum atomic E-state index is -0.150. The summed E-state index contributed by atoms with van der Waals surface area (Å²) in [6.45, 7) is 3.99. The van der Waals surface area contributed by atoms with E-state index in [1.165, 1.54) is 0 Å². The van der Waals surface area contributed by atoms with Crippen molar-refractivity contribution in [3.05, 3.63) is 45.0 Å². The predicted octanol–water partition coefficient (Wildman–Crippen LogP) is 2.57. The molecule has 0 unspecified atom stereocenters. The maximum absolute atomic E-state index is 12.4. The number of carbonyl (C=O) groups is 1. The lowest BCUT2D eigenvalue weighted by molar-refractivity contribution is 0.0784. The van der Waals surface area contributed by atoms with E-state index in [0.717, 1.165) is 16.2 Å². The topological polar surface area (TPSA) is 53.7 Å². The molecule has 0 bridgehead atoms. The Kier molecular flexibility index (Phi) is 4.84. The van der Waals surface area contributed by atoms with Crippen molar-refractivity contribution >= 4 is 17.2 Å². The maximum Gasteiger partial charge on any atom is 0.257 e. The molecular formula is C16H17NO3S. The summed E-state index contributed by atoms with van der Waals surface area (Å²) in [6.07, 6.45) is 0. The van der Waals surface area contributed by atoms with Crippen molar-refractivity contribution in [3.8, 4) is 11.8 Å². The van der Waals surface area contributed by atoms with Crippen LogP contribution in [0.1, 0.15) is 32.3 Å². The van der Waals surface area contributed by atoms with Gasteiger partial charge in [-0.25, -0.2) is 0 Å².